The first-order valence-corrected chi connectivity index (χ1v) is 12.9. The standard InChI is InChI=1S/C29H30FN5O3/c1-17-13-24(33(4)32-17)27(36)35-12-11-34(16-18(35)2)28(37)25-15-23-26(38-25)21(29(3)9-10-29)14-22(31-23)19-5-7-20(30)8-6-19/h5-8,13-15,18H,9-12,16H2,1-4H3/t18-/m0/s1. The predicted molar refractivity (Wildman–Crippen MR) is 140 cm³/mol. The van der Waals surface area contributed by atoms with Crippen LogP contribution in [0.25, 0.3) is 22.4 Å². The number of halogens is 1. The van der Waals surface area contributed by atoms with Crippen molar-refractivity contribution >= 4 is 22.9 Å². The Bertz CT molecular complexity index is 1570. The minimum atomic E-state index is -0.299. The molecule has 4 aromatic rings. The maximum Gasteiger partial charge on any atom is 0.289 e. The first kappa shape index (κ1) is 24.3. The Hall–Kier alpha value is -4.01. The van der Waals surface area contributed by atoms with Crippen LogP contribution in [0.2, 0.25) is 0 Å². The van der Waals surface area contributed by atoms with Gasteiger partial charge < -0.3 is 14.2 Å². The number of hydrogen-bond acceptors (Lipinski definition) is 5. The first-order chi connectivity index (χ1) is 18.1. The van der Waals surface area contributed by atoms with E-state index in [1.165, 1.54) is 12.1 Å². The van der Waals surface area contributed by atoms with Gasteiger partial charge >= 0.3 is 0 Å². The third-order valence-electron chi connectivity index (χ3n) is 7.88. The van der Waals surface area contributed by atoms with Crippen LogP contribution < -0.4 is 0 Å². The molecule has 2 aliphatic rings. The highest BCUT2D eigenvalue weighted by molar-refractivity contribution is 5.97. The minimum absolute atomic E-state index is 0.0290. The van der Waals surface area contributed by atoms with Crippen LogP contribution in [0.1, 0.15) is 59.0 Å². The van der Waals surface area contributed by atoms with E-state index >= 15 is 0 Å². The van der Waals surface area contributed by atoms with Crippen LogP contribution in [-0.4, -0.2) is 62.1 Å². The highest BCUT2D eigenvalue weighted by Gasteiger charge is 2.42. The zero-order chi connectivity index (χ0) is 26.8. The van der Waals surface area contributed by atoms with Gasteiger partial charge in [-0.15, -0.1) is 0 Å². The number of carbonyl (C=O) groups is 2. The minimum Gasteiger partial charge on any atom is -0.449 e. The lowest BCUT2D eigenvalue weighted by molar-refractivity contribution is 0.0394. The molecule has 2 fully saturated rings. The van der Waals surface area contributed by atoms with E-state index in [1.54, 1.807) is 45.8 Å². The van der Waals surface area contributed by atoms with Crippen molar-refractivity contribution in [1.29, 1.82) is 0 Å². The van der Waals surface area contributed by atoms with Crippen molar-refractivity contribution in [1.82, 2.24) is 24.6 Å². The van der Waals surface area contributed by atoms with Gasteiger partial charge in [0, 0.05) is 49.9 Å². The molecule has 0 bridgehead atoms. The number of nitrogens with zero attached hydrogens (tertiary/aromatic N) is 5. The fourth-order valence-electron chi connectivity index (χ4n) is 5.36. The number of furan rings is 1. The molecule has 0 radical (unpaired) electrons. The van der Waals surface area contributed by atoms with Gasteiger partial charge in [-0.3, -0.25) is 14.3 Å². The molecule has 1 saturated heterocycles. The molecule has 4 heterocycles. The summed E-state index contributed by atoms with van der Waals surface area (Å²) in [6.45, 7) is 7.21. The molecule has 2 amide bonds. The lowest BCUT2D eigenvalue weighted by Gasteiger charge is -2.39. The number of amides is 2. The second kappa shape index (κ2) is 8.79. The second-order valence-corrected chi connectivity index (χ2v) is 10.8. The van der Waals surface area contributed by atoms with Crippen molar-refractivity contribution in [3.05, 3.63) is 71.0 Å². The highest BCUT2D eigenvalue weighted by atomic mass is 19.1. The zero-order valence-electron chi connectivity index (χ0n) is 22.0. The molecule has 38 heavy (non-hydrogen) atoms. The van der Waals surface area contributed by atoms with Crippen LogP contribution in [0, 0.1) is 12.7 Å². The van der Waals surface area contributed by atoms with E-state index in [2.05, 4.69) is 12.0 Å². The Morgan fingerprint density at radius 3 is 2.45 bits per heavy atom. The number of benzene rings is 1. The summed E-state index contributed by atoms with van der Waals surface area (Å²) in [4.78, 5) is 35.0. The molecule has 3 aromatic heterocycles. The molecule has 1 atom stereocenters. The Labute approximate surface area is 220 Å². The van der Waals surface area contributed by atoms with Gasteiger partial charge in [-0.2, -0.15) is 5.10 Å². The van der Waals surface area contributed by atoms with Gasteiger partial charge in [0.25, 0.3) is 11.8 Å². The van der Waals surface area contributed by atoms with Gasteiger partial charge in [0.1, 0.15) is 17.0 Å². The summed E-state index contributed by atoms with van der Waals surface area (Å²) in [7, 11) is 1.76. The average Bonchev–Trinajstić information content (AvgIpc) is 3.34. The number of carbonyl (C=O) groups excluding carboxylic acids is 2. The molecule has 196 valence electrons. The van der Waals surface area contributed by atoms with Crippen LogP contribution in [0.15, 0.2) is 46.9 Å². The molecule has 6 rings (SSSR count). The summed E-state index contributed by atoms with van der Waals surface area (Å²) in [5.41, 5.74) is 5.11. The van der Waals surface area contributed by atoms with E-state index in [0.717, 1.165) is 35.4 Å². The second-order valence-electron chi connectivity index (χ2n) is 10.8. The molecule has 8 nitrogen and oxygen atoms in total. The third-order valence-corrected chi connectivity index (χ3v) is 7.88. The third kappa shape index (κ3) is 4.15. The largest absolute Gasteiger partial charge is 0.449 e. The summed E-state index contributed by atoms with van der Waals surface area (Å²) >= 11 is 0. The number of aryl methyl sites for hydroxylation is 2. The maximum absolute atomic E-state index is 13.5. The van der Waals surface area contributed by atoms with Gasteiger partial charge in [-0.1, -0.05) is 6.92 Å². The van der Waals surface area contributed by atoms with Gasteiger partial charge in [-0.05, 0) is 68.5 Å². The molecular formula is C29H30FN5O3. The molecule has 9 heteroatoms. The van der Waals surface area contributed by atoms with E-state index < -0.39 is 0 Å². The van der Waals surface area contributed by atoms with E-state index in [0.29, 0.717) is 36.4 Å². The van der Waals surface area contributed by atoms with Crippen LogP contribution in [0.5, 0.6) is 0 Å². The van der Waals surface area contributed by atoms with Crippen molar-refractivity contribution in [3.63, 3.8) is 0 Å². The Morgan fingerprint density at radius 2 is 1.82 bits per heavy atom. The fourth-order valence-corrected chi connectivity index (χ4v) is 5.36. The predicted octanol–water partition coefficient (Wildman–Crippen LogP) is 4.71. The van der Waals surface area contributed by atoms with E-state index in [-0.39, 0.29) is 34.8 Å². The summed E-state index contributed by atoms with van der Waals surface area (Å²) < 4.78 is 21.3. The molecule has 1 saturated carbocycles. The quantitative estimate of drug-likeness (QED) is 0.393. The van der Waals surface area contributed by atoms with E-state index in [1.807, 2.05) is 19.9 Å². The number of rotatable bonds is 4. The number of piperazine rings is 1. The molecule has 1 aliphatic carbocycles. The smallest absolute Gasteiger partial charge is 0.289 e. The van der Waals surface area contributed by atoms with Gasteiger partial charge in [0.05, 0.1) is 11.4 Å². The van der Waals surface area contributed by atoms with Crippen LogP contribution in [-0.2, 0) is 12.5 Å². The molecule has 0 N–H and O–H groups in total. The molecule has 1 aromatic carbocycles. The van der Waals surface area contributed by atoms with Crippen LogP contribution in [0.3, 0.4) is 0 Å². The number of aromatic nitrogens is 3. The topological polar surface area (TPSA) is 84.5 Å². The average molecular weight is 516 g/mol. The van der Waals surface area contributed by atoms with Crippen molar-refractivity contribution in [2.75, 3.05) is 19.6 Å². The molecule has 0 unspecified atom stereocenters. The number of pyridine rings is 1. The SMILES string of the molecule is Cc1cc(C(=O)N2CCN(C(=O)c3cc4nc(-c5ccc(F)cc5)cc(C5(C)CC5)c4o3)C[C@@H]2C)n(C)n1. The Kier molecular flexibility index (Phi) is 5.63. The van der Waals surface area contributed by atoms with E-state index in [9.17, 15) is 14.0 Å². The van der Waals surface area contributed by atoms with Crippen LogP contribution in [0.4, 0.5) is 4.39 Å². The Morgan fingerprint density at radius 1 is 1.08 bits per heavy atom. The number of fused-ring (bicyclic) bond motifs is 1. The van der Waals surface area contributed by atoms with E-state index in [4.69, 9.17) is 9.40 Å². The van der Waals surface area contributed by atoms with Gasteiger partial charge in [0.15, 0.2) is 11.3 Å². The summed E-state index contributed by atoms with van der Waals surface area (Å²) in [6.07, 6.45) is 2.06. The van der Waals surface area contributed by atoms with Crippen molar-refractivity contribution < 1.29 is 18.4 Å². The lowest BCUT2D eigenvalue weighted by atomic mass is 9.96. The monoisotopic (exact) mass is 515 g/mol. The fraction of sp³-hybridized carbons (Fsp3) is 0.379. The Balaban J connectivity index is 1.27. The summed E-state index contributed by atoms with van der Waals surface area (Å²) in [6, 6.07) is 11.6. The normalized spacial score (nSPS) is 18.7. The van der Waals surface area contributed by atoms with Crippen molar-refractivity contribution in [2.24, 2.45) is 7.05 Å². The lowest BCUT2D eigenvalue weighted by Crippen LogP contribution is -2.55. The summed E-state index contributed by atoms with van der Waals surface area (Å²) in [5.74, 6) is -0.361. The number of hydrogen-bond donors (Lipinski definition) is 0. The molecule has 1 aliphatic heterocycles. The van der Waals surface area contributed by atoms with Crippen molar-refractivity contribution in [3.8, 4) is 11.3 Å². The summed E-state index contributed by atoms with van der Waals surface area (Å²) in [5, 5.41) is 4.28. The van der Waals surface area contributed by atoms with Gasteiger partial charge in [0.2, 0.25) is 0 Å². The van der Waals surface area contributed by atoms with Crippen LogP contribution >= 0.6 is 0 Å². The zero-order valence-corrected chi connectivity index (χ0v) is 22.0. The first-order valence-electron chi connectivity index (χ1n) is 12.9. The molecule has 0 spiro atoms. The van der Waals surface area contributed by atoms with Crippen molar-refractivity contribution in [2.45, 2.75) is 45.1 Å². The molecular weight excluding hydrogens is 485 g/mol. The highest BCUT2D eigenvalue weighted by Crippen LogP contribution is 2.50. The maximum atomic E-state index is 13.5. The van der Waals surface area contributed by atoms with Gasteiger partial charge in [-0.25, -0.2) is 9.37 Å².